The molecule has 2 aromatic rings. The quantitative estimate of drug-likeness (QED) is 0.497. The Hall–Kier alpha value is -1.06. The number of unbranched alkanes of at least 4 members (excludes halogenated alkanes) is 1. The van der Waals surface area contributed by atoms with E-state index in [4.69, 9.17) is 23.2 Å². The van der Waals surface area contributed by atoms with Crippen molar-refractivity contribution in [1.29, 1.82) is 0 Å². The first kappa shape index (κ1) is 21.2. The predicted molar refractivity (Wildman–Crippen MR) is 115 cm³/mol. The van der Waals surface area contributed by atoms with Gasteiger partial charge in [-0.15, -0.1) is 0 Å². The molecule has 2 aromatic carbocycles. The zero-order valence-electron chi connectivity index (χ0n) is 15.8. The molecule has 0 radical (unpaired) electrons. The minimum Gasteiger partial charge on any atom is -0.317 e. The molecule has 0 heterocycles. The van der Waals surface area contributed by atoms with Gasteiger partial charge in [0.1, 0.15) is 0 Å². The molecule has 1 unspecified atom stereocenters. The molecule has 0 spiro atoms. The first-order valence-electron chi connectivity index (χ1n) is 9.40. The fraction of sp³-hybridized carbons (Fsp3) is 0.455. The zero-order valence-corrected chi connectivity index (χ0v) is 17.4. The van der Waals surface area contributed by atoms with Gasteiger partial charge < -0.3 is 10.2 Å². The molecule has 0 aliphatic rings. The molecule has 2 rings (SSSR count). The normalized spacial score (nSPS) is 12.5. The average Bonchev–Trinajstić information content (AvgIpc) is 2.62. The van der Waals surface area contributed by atoms with Gasteiger partial charge in [0.15, 0.2) is 0 Å². The Labute approximate surface area is 168 Å². The highest BCUT2D eigenvalue weighted by Gasteiger charge is 2.14. The van der Waals surface area contributed by atoms with Crippen molar-refractivity contribution < 1.29 is 0 Å². The summed E-state index contributed by atoms with van der Waals surface area (Å²) in [5.74, 6) is 0.432. The first-order chi connectivity index (χ1) is 12.6. The van der Waals surface area contributed by atoms with E-state index in [1.807, 2.05) is 24.3 Å². The summed E-state index contributed by atoms with van der Waals surface area (Å²) in [4.78, 5) is 2.24. The average molecular weight is 393 g/mol. The summed E-state index contributed by atoms with van der Waals surface area (Å²) in [6.45, 7) is 3.24. The maximum absolute atomic E-state index is 6.38. The number of nitrogens with one attached hydrogen (secondary N) is 1. The topological polar surface area (TPSA) is 15.3 Å². The molecule has 0 saturated carbocycles. The lowest BCUT2D eigenvalue weighted by molar-refractivity contribution is 0.391. The molecule has 0 amide bonds. The third kappa shape index (κ3) is 7.67. The second kappa shape index (κ2) is 11.6. The number of halogens is 2. The van der Waals surface area contributed by atoms with Crippen LogP contribution in [0.15, 0.2) is 48.5 Å². The van der Waals surface area contributed by atoms with Crippen LogP contribution in [0.2, 0.25) is 10.0 Å². The Balaban J connectivity index is 1.89. The second-order valence-electron chi connectivity index (χ2n) is 7.09. The van der Waals surface area contributed by atoms with Gasteiger partial charge in [-0.1, -0.05) is 53.5 Å². The van der Waals surface area contributed by atoms with Crippen molar-refractivity contribution in [2.24, 2.45) is 0 Å². The van der Waals surface area contributed by atoms with Crippen molar-refractivity contribution in [3.63, 3.8) is 0 Å². The molecule has 0 fully saturated rings. The smallest absolute Gasteiger partial charge is 0.0438 e. The van der Waals surface area contributed by atoms with Gasteiger partial charge in [-0.05, 0) is 94.7 Å². The van der Waals surface area contributed by atoms with E-state index in [-0.39, 0.29) is 0 Å². The SMILES string of the molecule is CN(C)CCCCNCCC(Cc1ccccc1Cl)c1ccc(Cl)cc1. The molecule has 1 atom stereocenters. The number of benzene rings is 2. The van der Waals surface area contributed by atoms with Gasteiger partial charge in [-0.3, -0.25) is 0 Å². The standard InChI is InChI=1S/C22H30Cl2N2/c1-26(2)16-6-5-14-25-15-13-19(18-9-11-21(23)12-10-18)17-20-7-3-4-8-22(20)24/h3-4,7-12,19,25H,5-6,13-17H2,1-2H3. The molecular weight excluding hydrogens is 363 g/mol. The fourth-order valence-corrected chi connectivity index (χ4v) is 3.47. The zero-order chi connectivity index (χ0) is 18.8. The van der Waals surface area contributed by atoms with Crippen LogP contribution in [0, 0.1) is 0 Å². The maximum atomic E-state index is 6.38. The number of hydrogen-bond acceptors (Lipinski definition) is 2. The molecule has 1 N–H and O–H groups in total. The fourth-order valence-electron chi connectivity index (χ4n) is 3.13. The Bertz CT molecular complexity index is 641. The summed E-state index contributed by atoms with van der Waals surface area (Å²) in [5.41, 5.74) is 2.53. The van der Waals surface area contributed by atoms with Gasteiger partial charge in [0.05, 0.1) is 0 Å². The summed E-state index contributed by atoms with van der Waals surface area (Å²) < 4.78 is 0. The van der Waals surface area contributed by atoms with Gasteiger partial charge in [0.2, 0.25) is 0 Å². The van der Waals surface area contributed by atoms with E-state index in [1.54, 1.807) is 0 Å². The molecule has 0 bridgehead atoms. The van der Waals surface area contributed by atoms with E-state index < -0.39 is 0 Å². The van der Waals surface area contributed by atoms with Crippen molar-refractivity contribution in [3.8, 4) is 0 Å². The lowest BCUT2D eigenvalue weighted by Gasteiger charge is -2.19. The summed E-state index contributed by atoms with van der Waals surface area (Å²) >= 11 is 12.4. The van der Waals surface area contributed by atoms with Crippen molar-refractivity contribution >= 4 is 23.2 Å². The number of nitrogens with zero attached hydrogens (tertiary/aromatic N) is 1. The van der Waals surface area contributed by atoms with Gasteiger partial charge in [-0.25, -0.2) is 0 Å². The highest BCUT2D eigenvalue weighted by atomic mass is 35.5. The third-order valence-corrected chi connectivity index (χ3v) is 5.26. The van der Waals surface area contributed by atoms with Crippen LogP contribution in [-0.4, -0.2) is 38.6 Å². The highest BCUT2D eigenvalue weighted by Crippen LogP contribution is 2.28. The van der Waals surface area contributed by atoms with E-state index in [1.165, 1.54) is 24.0 Å². The summed E-state index contributed by atoms with van der Waals surface area (Å²) in [7, 11) is 4.25. The maximum Gasteiger partial charge on any atom is 0.0438 e. The van der Waals surface area contributed by atoms with Crippen LogP contribution in [0.1, 0.15) is 36.3 Å². The Morgan fingerprint density at radius 3 is 2.35 bits per heavy atom. The molecule has 0 saturated heterocycles. The van der Waals surface area contributed by atoms with E-state index in [9.17, 15) is 0 Å². The highest BCUT2D eigenvalue weighted by molar-refractivity contribution is 6.31. The summed E-state index contributed by atoms with van der Waals surface area (Å²) in [6, 6.07) is 16.4. The molecule has 142 valence electrons. The number of hydrogen-bond donors (Lipinski definition) is 1. The van der Waals surface area contributed by atoms with Crippen molar-refractivity contribution in [2.45, 2.75) is 31.6 Å². The molecule has 2 nitrogen and oxygen atoms in total. The van der Waals surface area contributed by atoms with Crippen molar-refractivity contribution in [3.05, 3.63) is 69.7 Å². The lowest BCUT2D eigenvalue weighted by atomic mass is 9.89. The molecule has 4 heteroatoms. The molecular formula is C22H30Cl2N2. The minimum atomic E-state index is 0.432. The predicted octanol–water partition coefficient (Wildman–Crippen LogP) is 5.64. The van der Waals surface area contributed by atoms with Crippen LogP contribution in [0.3, 0.4) is 0 Å². The molecule has 0 aliphatic carbocycles. The van der Waals surface area contributed by atoms with E-state index in [0.717, 1.165) is 42.5 Å². The first-order valence-corrected chi connectivity index (χ1v) is 10.2. The van der Waals surface area contributed by atoms with Crippen molar-refractivity contribution in [2.75, 3.05) is 33.7 Å². The van der Waals surface area contributed by atoms with E-state index in [2.05, 4.69) is 48.6 Å². The van der Waals surface area contributed by atoms with Gasteiger partial charge >= 0.3 is 0 Å². The lowest BCUT2D eigenvalue weighted by Crippen LogP contribution is -2.21. The van der Waals surface area contributed by atoms with Crippen LogP contribution in [0.25, 0.3) is 0 Å². The van der Waals surface area contributed by atoms with Gasteiger partial charge in [0, 0.05) is 10.0 Å². The third-order valence-electron chi connectivity index (χ3n) is 4.64. The monoisotopic (exact) mass is 392 g/mol. The molecule has 0 aliphatic heterocycles. The van der Waals surface area contributed by atoms with Crippen LogP contribution in [0.5, 0.6) is 0 Å². The number of rotatable bonds is 11. The van der Waals surface area contributed by atoms with Gasteiger partial charge in [0.25, 0.3) is 0 Å². The van der Waals surface area contributed by atoms with Crippen LogP contribution in [-0.2, 0) is 6.42 Å². The summed E-state index contributed by atoms with van der Waals surface area (Å²) in [6.07, 6.45) is 4.48. The van der Waals surface area contributed by atoms with Crippen LogP contribution in [0.4, 0.5) is 0 Å². The second-order valence-corrected chi connectivity index (χ2v) is 7.94. The van der Waals surface area contributed by atoms with E-state index in [0.29, 0.717) is 5.92 Å². The van der Waals surface area contributed by atoms with E-state index >= 15 is 0 Å². The Morgan fingerprint density at radius 1 is 0.923 bits per heavy atom. The molecule has 0 aromatic heterocycles. The van der Waals surface area contributed by atoms with Crippen molar-refractivity contribution in [1.82, 2.24) is 10.2 Å². The Kier molecular flexibility index (Phi) is 9.49. The largest absolute Gasteiger partial charge is 0.317 e. The Morgan fingerprint density at radius 2 is 1.65 bits per heavy atom. The van der Waals surface area contributed by atoms with Gasteiger partial charge in [-0.2, -0.15) is 0 Å². The van der Waals surface area contributed by atoms with Crippen LogP contribution < -0.4 is 5.32 Å². The minimum absolute atomic E-state index is 0.432. The molecule has 26 heavy (non-hydrogen) atoms. The van der Waals surface area contributed by atoms with Crippen LogP contribution >= 0.6 is 23.2 Å². The summed E-state index contributed by atoms with van der Waals surface area (Å²) in [5, 5.41) is 5.23.